The number of carbonyl (C=O) groups excluding carboxylic acids is 1. The van der Waals surface area contributed by atoms with Gasteiger partial charge in [-0.1, -0.05) is 19.4 Å². The molecular formula is C15H24N2O. The van der Waals surface area contributed by atoms with Crippen LogP contribution < -0.4 is 5.32 Å². The summed E-state index contributed by atoms with van der Waals surface area (Å²) in [4.78, 5) is 14.0. The minimum absolute atomic E-state index is 0.110. The van der Waals surface area contributed by atoms with Gasteiger partial charge in [0.05, 0.1) is 0 Å². The summed E-state index contributed by atoms with van der Waals surface area (Å²) in [6.45, 7) is 8.64. The summed E-state index contributed by atoms with van der Waals surface area (Å²) in [5, 5.41) is 3.35. The van der Waals surface area contributed by atoms with E-state index in [1.165, 1.54) is 6.42 Å². The quantitative estimate of drug-likeness (QED) is 0.750. The first-order valence-electron chi connectivity index (χ1n) is 6.86. The molecular weight excluding hydrogens is 224 g/mol. The predicted octanol–water partition coefficient (Wildman–Crippen LogP) is 3.38. The van der Waals surface area contributed by atoms with E-state index in [0.717, 1.165) is 37.3 Å². The Kier molecular flexibility index (Phi) is 6.26. The maximum Gasteiger partial charge on any atom is 0.253 e. The van der Waals surface area contributed by atoms with Gasteiger partial charge in [-0.3, -0.25) is 4.79 Å². The molecule has 3 nitrogen and oxygen atoms in total. The van der Waals surface area contributed by atoms with E-state index in [1.807, 2.05) is 43.0 Å². The van der Waals surface area contributed by atoms with Crippen molar-refractivity contribution in [1.82, 2.24) is 4.90 Å². The number of benzene rings is 1. The summed E-state index contributed by atoms with van der Waals surface area (Å²) in [5.74, 6) is 0.110. The Morgan fingerprint density at radius 2 is 1.94 bits per heavy atom. The van der Waals surface area contributed by atoms with Crippen molar-refractivity contribution < 1.29 is 4.79 Å². The molecule has 1 rings (SSSR count). The summed E-state index contributed by atoms with van der Waals surface area (Å²) in [6, 6.07) is 7.77. The van der Waals surface area contributed by atoms with Gasteiger partial charge in [0.25, 0.3) is 5.91 Å². The number of nitrogens with one attached hydrogen (secondary N) is 1. The van der Waals surface area contributed by atoms with Crippen molar-refractivity contribution in [2.75, 3.05) is 25.0 Å². The first-order chi connectivity index (χ1) is 8.72. The lowest BCUT2D eigenvalue weighted by molar-refractivity contribution is 0.0773. The molecule has 0 aliphatic rings. The molecule has 0 aliphatic heterocycles. The molecule has 1 N–H and O–H groups in total. The summed E-state index contributed by atoms with van der Waals surface area (Å²) in [6.07, 6.45) is 2.32. The van der Waals surface area contributed by atoms with E-state index < -0.39 is 0 Å². The van der Waals surface area contributed by atoms with Crippen molar-refractivity contribution in [2.24, 2.45) is 0 Å². The molecule has 0 bridgehead atoms. The van der Waals surface area contributed by atoms with E-state index in [4.69, 9.17) is 0 Å². The number of nitrogens with zero attached hydrogens (tertiary/aromatic N) is 1. The van der Waals surface area contributed by atoms with Crippen LogP contribution in [0.1, 0.15) is 44.0 Å². The van der Waals surface area contributed by atoms with Gasteiger partial charge in [0.15, 0.2) is 0 Å². The zero-order chi connectivity index (χ0) is 13.4. The van der Waals surface area contributed by atoms with E-state index in [-0.39, 0.29) is 5.91 Å². The molecule has 1 aromatic carbocycles. The maximum absolute atomic E-state index is 12.2. The zero-order valence-corrected chi connectivity index (χ0v) is 11.7. The highest BCUT2D eigenvalue weighted by Gasteiger charge is 2.12. The molecule has 3 heteroatoms. The summed E-state index contributed by atoms with van der Waals surface area (Å²) >= 11 is 0. The van der Waals surface area contributed by atoms with Gasteiger partial charge in [0.1, 0.15) is 0 Å². The minimum Gasteiger partial charge on any atom is -0.385 e. The lowest BCUT2D eigenvalue weighted by atomic mass is 10.1. The van der Waals surface area contributed by atoms with Gasteiger partial charge in [-0.25, -0.2) is 0 Å². The van der Waals surface area contributed by atoms with Gasteiger partial charge in [-0.2, -0.15) is 0 Å². The van der Waals surface area contributed by atoms with Crippen LogP contribution in [0.15, 0.2) is 24.3 Å². The average Bonchev–Trinajstić information content (AvgIpc) is 2.41. The highest BCUT2D eigenvalue weighted by atomic mass is 16.2. The molecule has 0 radical (unpaired) electrons. The Morgan fingerprint density at radius 1 is 1.22 bits per heavy atom. The predicted molar refractivity (Wildman–Crippen MR) is 77.1 cm³/mol. The maximum atomic E-state index is 12.2. The lowest BCUT2D eigenvalue weighted by Crippen LogP contribution is -2.30. The second-order valence-corrected chi connectivity index (χ2v) is 4.34. The second-order valence-electron chi connectivity index (χ2n) is 4.34. The molecule has 0 saturated heterocycles. The van der Waals surface area contributed by atoms with Gasteiger partial charge in [-0.05, 0) is 38.5 Å². The van der Waals surface area contributed by atoms with Crippen LogP contribution in [0.4, 0.5) is 5.69 Å². The molecule has 0 aromatic heterocycles. The monoisotopic (exact) mass is 248 g/mol. The lowest BCUT2D eigenvalue weighted by Gasteiger charge is -2.19. The van der Waals surface area contributed by atoms with Crippen LogP contribution in [0.2, 0.25) is 0 Å². The SMILES string of the molecule is CCCCNc1cccc(C(=O)N(CC)CC)c1. The number of hydrogen-bond donors (Lipinski definition) is 1. The van der Waals surface area contributed by atoms with Crippen molar-refractivity contribution in [3.05, 3.63) is 29.8 Å². The van der Waals surface area contributed by atoms with Crippen LogP contribution in [0.3, 0.4) is 0 Å². The molecule has 1 amide bonds. The summed E-state index contributed by atoms with van der Waals surface area (Å²) in [7, 11) is 0. The first-order valence-corrected chi connectivity index (χ1v) is 6.86. The molecule has 0 fully saturated rings. The largest absolute Gasteiger partial charge is 0.385 e. The zero-order valence-electron chi connectivity index (χ0n) is 11.7. The van der Waals surface area contributed by atoms with Crippen LogP contribution in [-0.4, -0.2) is 30.4 Å². The second kappa shape index (κ2) is 7.75. The third-order valence-corrected chi connectivity index (χ3v) is 3.02. The smallest absolute Gasteiger partial charge is 0.253 e. The normalized spacial score (nSPS) is 10.2. The number of carbonyl (C=O) groups is 1. The van der Waals surface area contributed by atoms with Gasteiger partial charge < -0.3 is 10.2 Å². The van der Waals surface area contributed by atoms with E-state index in [0.29, 0.717) is 0 Å². The average molecular weight is 248 g/mol. The highest BCUT2D eigenvalue weighted by molar-refractivity contribution is 5.95. The van der Waals surface area contributed by atoms with Crippen molar-refractivity contribution in [3.63, 3.8) is 0 Å². The Labute approximate surface area is 110 Å². The Balaban J connectivity index is 2.71. The molecule has 0 spiro atoms. The summed E-state index contributed by atoms with van der Waals surface area (Å²) in [5.41, 5.74) is 1.79. The first kappa shape index (κ1) is 14.6. The minimum atomic E-state index is 0.110. The fraction of sp³-hybridized carbons (Fsp3) is 0.533. The standard InChI is InChI=1S/C15H24N2O/c1-4-7-11-16-14-10-8-9-13(12-14)15(18)17(5-2)6-3/h8-10,12,16H,4-7,11H2,1-3H3. The number of rotatable bonds is 7. The van der Waals surface area contributed by atoms with Crippen LogP contribution in [0.25, 0.3) is 0 Å². The van der Waals surface area contributed by atoms with E-state index in [1.54, 1.807) is 0 Å². The molecule has 1 aromatic rings. The third kappa shape index (κ3) is 4.06. The third-order valence-electron chi connectivity index (χ3n) is 3.02. The fourth-order valence-electron chi connectivity index (χ4n) is 1.87. The molecule has 18 heavy (non-hydrogen) atoms. The molecule has 0 heterocycles. The Bertz CT molecular complexity index is 373. The van der Waals surface area contributed by atoms with Crippen LogP contribution >= 0.6 is 0 Å². The Hall–Kier alpha value is -1.51. The Morgan fingerprint density at radius 3 is 2.56 bits per heavy atom. The van der Waals surface area contributed by atoms with Crippen molar-refractivity contribution in [2.45, 2.75) is 33.6 Å². The van der Waals surface area contributed by atoms with Crippen molar-refractivity contribution in [1.29, 1.82) is 0 Å². The number of anilines is 1. The number of unbranched alkanes of at least 4 members (excludes halogenated alkanes) is 1. The van der Waals surface area contributed by atoms with Gasteiger partial charge >= 0.3 is 0 Å². The van der Waals surface area contributed by atoms with Crippen molar-refractivity contribution >= 4 is 11.6 Å². The van der Waals surface area contributed by atoms with E-state index in [2.05, 4.69) is 12.2 Å². The number of hydrogen-bond acceptors (Lipinski definition) is 2. The fourth-order valence-corrected chi connectivity index (χ4v) is 1.87. The molecule has 0 aliphatic carbocycles. The van der Waals surface area contributed by atoms with Crippen molar-refractivity contribution in [3.8, 4) is 0 Å². The van der Waals surface area contributed by atoms with Gasteiger partial charge in [0.2, 0.25) is 0 Å². The van der Waals surface area contributed by atoms with Crippen LogP contribution in [0, 0.1) is 0 Å². The van der Waals surface area contributed by atoms with Crippen LogP contribution in [-0.2, 0) is 0 Å². The van der Waals surface area contributed by atoms with E-state index in [9.17, 15) is 4.79 Å². The highest BCUT2D eigenvalue weighted by Crippen LogP contribution is 2.13. The van der Waals surface area contributed by atoms with Crippen LogP contribution in [0.5, 0.6) is 0 Å². The number of amides is 1. The van der Waals surface area contributed by atoms with Gasteiger partial charge in [0, 0.05) is 30.9 Å². The molecule has 0 atom stereocenters. The molecule has 100 valence electrons. The molecule has 0 saturated carbocycles. The molecule has 0 unspecified atom stereocenters. The van der Waals surface area contributed by atoms with E-state index >= 15 is 0 Å². The topological polar surface area (TPSA) is 32.3 Å². The van der Waals surface area contributed by atoms with Gasteiger partial charge in [-0.15, -0.1) is 0 Å². The summed E-state index contributed by atoms with van der Waals surface area (Å²) < 4.78 is 0.